The third kappa shape index (κ3) is 5.65. The summed E-state index contributed by atoms with van der Waals surface area (Å²) in [5, 5.41) is 5.24. The van der Waals surface area contributed by atoms with Gasteiger partial charge in [0.25, 0.3) is 11.3 Å². The van der Waals surface area contributed by atoms with Crippen molar-refractivity contribution in [2.24, 2.45) is 0 Å². The van der Waals surface area contributed by atoms with Crippen LogP contribution in [0, 0.1) is 0 Å². The number of hydrogen-bond donors (Lipinski definition) is 2. The highest BCUT2D eigenvalue weighted by molar-refractivity contribution is 7.80. The third-order valence-electron chi connectivity index (χ3n) is 7.19. The summed E-state index contributed by atoms with van der Waals surface area (Å²) in [6, 6.07) is 28.7. The molecule has 0 aromatic heterocycles. The molecule has 0 radical (unpaired) electrons. The van der Waals surface area contributed by atoms with Crippen LogP contribution in [-0.4, -0.2) is 33.7 Å². The molecule has 1 aliphatic carbocycles. The lowest BCUT2D eigenvalue weighted by Gasteiger charge is -2.30. The molecule has 1 amide bonds. The van der Waals surface area contributed by atoms with Crippen LogP contribution in [0.5, 0.6) is 0 Å². The summed E-state index contributed by atoms with van der Waals surface area (Å²) in [5.74, 6) is -0.147. The Bertz CT molecular complexity index is 1460. The molecule has 2 N–H and O–H groups in total. The van der Waals surface area contributed by atoms with Crippen LogP contribution in [0.3, 0.4) is 0 Å². The average molecular weight is 528 g/mol. The minimum Gasteiger partial charge on any atom is -0.349 e. The van der Waals surface area contributed by atoms with Crippen LogP contribution in [0.1, 0.15) is 47.2 Å². The van der Waals surface area contributed by atoms with Gasteiger partial charge in [0.05, 0.1) is 24.2 Å². The number of anilines is 1. The molecule has 0 saturated heterocycles. The Kier molecular flexibility index (Phi) is 7.88. The van der Waals surface area contributed by atoms with E-state index >= 15 is 0 Å². The van der Waals surface area contributed by atoms with Crippen molar-refractivity contribution in [3.05, 3.63) is 113 Å². The normalized spacial score (nSPS) is 16.3. The van der Waals surface area contributed by atoms with Gasteiger partial charge >= 0.3 is 0 Å². The average Bonchev–Trinajstić information content (AvgIpc) is 3.32. The Morgan fingerprint density at radius 1 is 0.974 bits per heavy atom. The molecule has 0 spiro atoms. The topological polar surface area (TPSA) is 72.9 Å². The van der Waals surface area contributed by atoms with Gasteiger partial charge in [0.1, 0.15) is 0 Å². The third-order valence-corrected chi connectivity index (χ3v) is 7.99. The van der Waals surface area contributed by atoms with Gasteiger partial charge < -0.3 is 10.2 Å². The van der Waals surface area contributed by atoms with Crippen LogP contribution >= 0.6 is 0 Å². The number of hydrogen-bond acceptors (Lipinski definition) is 3. The maximum atomic E-state index is 13.5. The first kappa shape index (κ1) is 26.1. The Labute approximate surface area is 226 Å². The largest absolute Gasteiger partial charge is 0.349 e. The van der Waals surface area contributed by atoms with Crippen LogP contribution < -0.4 is 9.62 Å². The smallest absolute Gasteiger partial charge is 0.262 e. The molecule has 3 unspecified atom stereocenters. The van der Waals surface area contributed by atoms with Crippen LogP contribution in [0.2, 0.25) is 0 Å². The predicted octanol–water partition coefficient (Wildman–Crippen LogP) is 5.78. The Balaban J connectivity index is 1.42. The molecule has 4 aromatic rings. The Hall–Kier alpha value is -3.52. The van der Waals surface area contributed by atoms with Gasteiger partial charge in [-0.3, -0.25) is 13.7 Å². The second-order valence-corrected chi connectivity index (χ2v) is 11.0. The first-order valence-electron chi connectivity index (χ1n) is 12.9. The van der Waals surface area contributed by atoms with E-state index in [1.54, 1.807) is 0 Å². The van der Waals surface area contributed by atoms with Gasteiger partial charge in [-0.25, -0.2) is 4.21 Å². The van der Waals surface area contributed by atoms with Gasteiger partial charge in [0.2, 0.25) is 5.91 Å². The molecule has 7 heteroatoms. The van der Waals surface area contributed by atoms with Crippen molar-refractivity contribution in [1.82, 2.24) is 10.2 Å². The summed E-state index contributed by atoms with van der Waals surface area (Å²) < 4.78 is 24.7. The van der Waals surface area contributed by atoms with Crippen molar-refractivity contribution in [1.29, 1.82) is 0 Å². The molecular formula is C31H33N3O3S. The highest BCUT2D eigenvalue weighted by Crippen LogP contribution is 2.36. The van der Waals surface area contributed by atoms with Gasteiger partial charge in [-0.15, -0.1) is 0 Å². The zero-order valence-corrected chi connectivity index (χ0v) is 22.5. The lowest BCUT2D eigenvalue weighted by molar-refractivity contribution is -0.122. The van der Waals surface area contributed by atoms with E-state index in [1.807, 2.05) is 72.8 Å². The number of fused-ring (bicyclic) bond motifs is 2. The van der Waals surface area contributed by atoms with Crippen molar-refractivity contribution in [2.75, 3.05) is 18.4 Å². The van der Waals surface area contributed by atoms with E-state index in [2.05, 4.69) is 42.5 Å². The number of carbonyl (C=O) groups excluding carboxylic acids is 1. The summed E-state index contributed by atoms with van der Waals surface area (Å²) in [6.07, 6.45) is 1.82. The van der Waals surface area contributed by atoms with Gasteiger partial charge in [0.15, 0.2) is 0 Å². The molecule has 0 bridgehead atoms. The van der Waals surface area contributed by atoms with Gasteiger partial charge in [-0.2, -0.15) is 0 Å². The minimum absolute atomic E-state index is 0.0480. The first-order chi connectivity index (χ1) is 18.4. The standard InChI is InChI=1S/C31H33N3O3S/c1-33(2)21-25-13-8-14-28-27(25)17-18-29(28)32-31(35)20-30(23-10-4-3-5-11-23)34(38(36)37)26-16-15-22-9-6-7-12-24(22)19-26/h3-16,19,29-30H,17-18,20-21H2,1-2H3,(H,32,35)(H,36,37). The molecule has 1 aliphatic rings. The highest BCUT2D eigenvalue weighted by atomic mass is 32.2. The first-order valence-corrected chi connectivity index (χ1v) is 14.0. The quantitative estimate of drug-likeness (QED) is 0.271. The molecule has 0 fully saturated rings. The van der Waals surface area contributed by atoms with E-state index < -0.39 is 17.3 Å². The lowest BCUT2D eigenvalue weighted by atomic mass is 10.0. The fourth-order valence-corrected chi connectivity index (χ4v) is 6.21. The van der Waals surface area contributed by atoms with Crippen LogP contribution in [0.4, 0.5) is 5.69 Å². The molecule has 6 nitrogen and oxygen atoms in total. The van der Waals surface area contributed by atoms with E-state index in [0.717, 1.165) is 35.7 Å². The fourth-order valence-electron chi connectivity index (χ4n) is 5.50. The SMILES string of the molecule is CN(C)Cc1cccc2c1CCC2NC(=O)CC(c1ccccc1)N(c1ccc2ccccc2c1)S(=O)O. The molecule has 4 aromatic carbocycles. The molecule has 0 saturated carbocycles. The monoisotopic (exact) mass is 527 g/mol. The molecule has 5 rings (SSSR count). The van der Waals surface area contributed by atoms with Crippen LogP contribution in [0.15, 0.2) is 91.0 Å². The Morgan fingerprint density at radius 3 is 2.45 bits per heavy atom. The molecule has 196 valence electrons. The van der Waals surface area contributed by atoms with E-state index in [4.69, 9.17) is 0 Å². The summed E-state index contributed by atoms with van der Waals surface area (Å²) >= 11 is -2.34. The van der Waals surface area contributed by atoms with Crippen molar-refractivity contribution < 1.29 is 13.6 Å². The minimum atomic E-state index is -2.34. The molecular weight excluding hydrogens is 494 g/mol. The number of rotatable bonds is 9. The zero-order chi connectivity index (χ0) is 26.6. The zero-order valence-electron chi connectivity index (χ0n) is 21.7. The van der Waals surface area contributed by atoms with Gasteiger partial charge in [-0.05, 0) is 72.1 Å². The summed E-state index contributed by atoms with van der Waals surface area (Å²) in [6.45, 7) is 0.864. The molecule has 3 atom stereocenters. The predicted molar refractivity (Wildman–Crippen MR) is 154 cm³/mol. The maximum Gasteiger partial charge on any atom is 0.262 e. The van der Waals surface area contributed by atoms with Crippen molar-refractivity contribution in [3.8, 4) is 0 Å². The molecule has 0 aliphatic heterocycles. The second-order valence-electron chi connectivity index (χ2n) is 10.1. The summed E-state index contributed by atoms with van der Waals surface area (Å²) in [4.78, 5) is 15.7. The van der Waals surface area contributed by atoms with Crippen LogP contribution in [-0.2, 0) is 29.0 Å². The number of benzene rings is 4. The van der Waals surface area contributed by atoms with E-state index in [0.29, 0.717) is 5.69 Å². The van der Waals surface area contributed by atoms with Gasteiger partial charge in [-0.1, -0.05) is 78.9 Å². The summed E-state index contributed by atoms with van der Waals surface area (Å²) in [5.41, 5.74) is 5.18. The number of carbonyl (C=O) groups is 1. The van der Waals surface area contributed by atoms with Crippen LogP contribution in [0.25, 0.3) is 10.8 Å². The second kappa shape index (κ2) is 11.5. The van der Waals surface area contributed by atoms with E-state index in [9.17, 15) is 13.6 Å². The fraction of sp³-hybridized carbons (Fsp3) is 0.258. The van der Waals surface area contributed by atoms with Gasteiger partial charge in [0, 0.05) is 6.54 Å². The van der Waals surface area contributed by atoms with Crippen molar-refractivity contribution in [3.63, 3.8) is 0 Å². The number of nitrogens with one attached hydrogen (secondary N) is 1. The van der Waals surface area contributed by atoms with E-state index in [-0.39, 0.29) is 18.4 Å². The van der Waals surface area contributed by atoms with Crippen molar-refractivity contribution in [2.45, 2.75) is 37.9 Å². The number of nitrogens with zero attached hydrogens (tertiary/aromatic N) is 2. The highest BCUT2D eigenvalue weighted by Gasteiger charge is 2.31. The molecule has 0 heterocycles. The Morgan fingerprint density at radius 2 is 1.71 bits per heavy atom. The van der Waals surface area contributed by atoms with E-state index in [1.165, 1.54) is 21.0 Å². The summed E-state index contributed by atoms with van der Waals surface area (Å²) in [7, 11) is 4.12. The van der Waals surface area contributed by atoms with Crippen molar-refractivity contribution >= 4 is 33.6 Å². The number of amides is 1. The lowest BCUT2D eigenvalue weighted by Crippen LogP contribution is -2.36. The maximum absolute atomic E-state index is 13.5. The molecule has 38 heavy (non-hydrogen) atoms.